The summed E-state index contributed by atoms with van der Waals surface area (Å²) in [5.41, 5.74) is 0. The number of methoxy groups -OCH3 is 1. The molecule has 0 aromatic carbocycles. The van der Waals surface area contributed by atoms with Gasteiger partial charge in [-0.15, -0.1) is 0 Å². The molecule has 0 radical (unpaired) electrons. The first-order valence-electron chi connectivity index (χ1n) is 6.99. The Morgan fingerprint density at radius 2 is 2.05 bits per heavy atom. The standard InChI is InChI=1S/C13H25N3O4/c1-11(13(19)14-4-9-20-2)16-6-3-5-15(7-8-16)10-12(17)18/h11H,3-10H2,1-2H3,(H,14,19)(H,17,18). The van der Waals surface area contributed by atoms with Crippen LogP contribution in [0.4, 0.5) is 0 Å². The highest BCUT2D eigenvalue weighted by atomic mass is 16.5. The van der Waals surface area contributed by atoms with E-state index in [1.54, 1.807) is 7.11 Å². The molecule has 0 spiro atoms. The quantitative estimate of drug-likeness (QED) is 0.598. The predicted molar refractivity (Wildman–Crippen MR) is 74.6 cm³/mol. The summed E-state index contributed by atoms with van der Waals surface area (Å²) in [7, 11) is 1.60. The van der Waals surface area contributed by atoms with E-state index in [1.165, 1.54) is 0 Å². The smallest absolute Gasteiger partial charge is 0.317 e. The number of amides is 1. The van der Waals surface area contributed by atoms with Crippen molar-refractivity contribution in [3.63, 3.8) is 0 Å². The lowest BCUT2D eigenvalue weighted by Gasteiger charge is -2.26. The zero-order valence-corrected chi connectivity index (χ0v) is 12.3. The molecule has 1 aliphatic heterocycles. The van der Waals surface area contributed by atoms with E-state index in [1.807, 2.05) is 11.8 Å². The van der Waals surface area contributed by atoms with Crippen LogP contribution in [0.5, 0.6) is 0 Å². The molecule has 1 rings (SSSR count). The number of rotatable bonds is 7. The molecule has 0 saturated carbocycles. The number of nitrogens with zero attached hydrogens (tertiary/aromatic N) is 2. The molecule has 1 aliphatic rings. The Hall–Kier alpha value is -1.18. The zero-order valence-electron chi connectivity index (χ0n) is 12.3. The van der Waals surface area contributed by atoms with Crippen molar-refractivity contribution >= 4 is 11.9 Å². The molecule has 7 heteroatoms. The van der Waals surface area contributed by atoms with Crippen molar-refractivity contribution < 1.29 is 19.4 Å². The summed E-state index contributed by atoms with van der Waals surface area (Å²) in [6, 6.07) is -0.198. The van der Waals surface area contributed by atoms with Gasteiger partial charge in [-0.3, -0.25) is 19.4 Å². The number of carbonyl (C=O) groups is 2. The van der Waals surface area contributed by atoms with Gasteiger partial charge >= 0.3 is 5.97 Å². The minimum atomic E-state index is -0.802. The lowest BCUT2D eigenvalue weighted by molar-refractivity contribution is -0.138. The predicted octanol–water partition coefficient (Wildman–Crippen LogP) is -0.770. The third-order valence-electron chi connectivity index (χ3n) is 3.51. The van der Waals surface area contributed by atoms with Crippen LogP contribution in [0, 0.1) is 0 Å². The van der Waals surface area contributed by atoms with Gasteiger partial charge in [0.05, 0.1) is 19.2 Å². The average molecular weight is 287 g/mol. The molecular weight excluding hydrogens is 262 g/mol. The highest BCUT2D eigenvalue weighted by Gasteiger charge is 2.24. The molecule has 116 valence electrons. The number of hydrogen-bond donors (Lipinski definition) is 2. The number of carboxylic acid groups (broad SMARTS) is 1. The van der Waals surface area contributed by atoms with Crippen molar-refractivity contribution in [1.82, 2.24) is 15.1 Å². The number of carboxylic acids is 1. The molecule has 0 aromatic rings. The van der Waals surface area contributed by atoms with Crippen molar-refractivity contribution in [2.45, 2.75) is 19.4 Å². The fourth-order valence-corrected chi connectivity index (χ4v) is 2.32. The maximum Gasteiger partial charge on any atom is 0.317 e. The van der Waals surface area contributed by atoms with Crippen LogP contribution in [0.15, 0.2) is 0 Å². The van der Waals surface area contributed by atoms with Gasteiger partial charge in [0.15, 0.2) is 0 Å². The molecule has 0 bridgehead atoms. The number of nitrogens with one attached hydrogen (secondary N) is 1. The normalized spacial score (nSPS) is 19.3. The van der Waals surface area contributed by atoms with Crippen LogP contribution in [0.1, 0.15) is 13.3 Å². The van der Waals surface area contributed by atoms with E-state index in [-0.39, 0.29) is 18.5 Å². The monoisotopic (exact) mass is 287 g/mol. The zero-order chi connectivity index (χ0) is 15.0. The molecule has 7 nitrogen and oxygen atoms in total. The third-order valence-corrected chi connectivity index (χ3v) is 3.51. The SMILES string of the molecule is COCCNC(=O)C(C)N1CCCN(CC(=O)O)CC1. The fourth-order valence-electron chi connectivity index (χ4n) is 2.32. The Morgan fingerprint density at radius 3 is 2.70 bits per heavy atom. The molecule has 1 unspecified atom stereocenters. The van der Waals surface area contributed by atoms with Gasteiger partial charge in [0.1, 0.15) is 0 Å². The number of ether oxygens (including phenoxy) is 1. The summed E-state index contributed by atoms with van der Waals surface area (Å²) >= 11 is 0. The molecule has 0 aliphatic carbocycles. The Bertz CT molecular complexity index is 325. The average Bonchev–Trinajstić information content (AvgIpc) is 2.63. The number of carbonyl (C=O) groups excluding carboxylic acids is 1. The number of hydrogen-bond acceptors (Lipinski definition) is 5. The molecular formula is C13H25N3O4. The second-order valence-electron chi connectivity index (χ2n) is 5.02. The topological polar surface area (TPSA) is 82.1 Å². The lowest BCUT2D eigenvalue weighted by atomic mass is 10.2. The van der Waals surface area contributed by atoms with Gasteiger partial charge in [0.2, 0.25) is 5.91 Å². The summed E-state index contributed by atoms with van der Waals surface area (Å²) in [4.78, 5) is 26.7. The van der Waals surface area contributed by atoms with E-state index in [0.717, 1.165) is 19.5 Å². The Balaban J connectivity index is 2.39. The Kier molecular flexibility index (Phi) is 7.50. The highest BCUT2D eigenvalue weighted by molar-refractivity contribution is 5.81. The first-order chi connectivity index (χ1) is 9.54. The van der Waals surface area contributed by atoms with Gasteiger partial charge in [-0.1, -0.05) is 0 Å². The van der Waals surface area contributed by atoms with Crippen molar-refractivity contribution in [3.8, 4) is 0 Å². The summed E-state index contributed by atoms with van der Waals surface area (Å²) in [5.74, 6) is -0.808. The van der Waals surface area contributed by atoms with Gasteiger partial charge in [0, 0.05) is 39.8 Å². The van der Waals surface area contributed by atoms with E-state index in [0.29, 0.717) is 26.2 Å². The first-order valence-corrected chi connectivity index (χ1v) is 6.99. The molecule has 1 atom stereocenters. The molecule has 1 saturated heterocycles. The molecule has 2 N–H and O–H groups in total. The van der Waals surface area contributed by atoms with Crippen LogP contribution in [-0.2, 0) is 14.3 Å². The second kappa shape index (κ2) is 8.89. The lowest BCUT2D eigenvalue weighted by Crippen LogP contribution is -2.47. The van der Waals surface area contributed by atoms with Crippen LogP contribution < -0.4 is 5.32 Å². The van der Waals surface area contributed by atoms with Crippen LogP contribution in [0.2, 0.25) is 0 Å². The second-order valence-corrected chi connectivity index (χ2v) is 5.02. The largest absolute Gasteiger partial charge is 0.480 e. The van der Waals surface area contributed by atoms with Crippen molar-refractivity contribution in [1.29, 1.82) is 0 Å². The fraction of sp³-hybridized carbons (Fsp3) is 0.846. The summed E-state index contributed by atoms with van der Waals surface area (Å²) < 4.78 is 4.90. The highest BCUT2D eigenvalue weighted by Crippen LogP contribution is 2.07. The molecule has 1 amide bonds. The molecule has 1 heterocycles. The van der Waals surface area contributed by atoms with E-state index in [2.05, 4.69) is 10.2 Å². The molecule has 1 fully saturated rings. The summed E-state index contributed by atoms with van der Waals surface area (Å²) in [6.07, 6.45) is 0.878. The minimum Gasteiger partial charge on any atom is -0.480 e. The van der Waals surface area contributed by atoms with Crippen LogP contribution in [0.3, 0.4) is 0 Å². The van der Waals surface area contributed by atoms with E-state index < -0.39 is 5.97 Å². The van der Waals surface area contributed by atoms with Crippen molar-refractivity contribution in [3.05, 3.63) is 0 Å². The van der Waals surface area contributed by atoms with Crippen LogP contribution in [-0.4, -0.2) is 85.8 Å². The molecule has 20 heavy (non-hydrogen) atoms. The van der Waals surface area contributed by atoms with E-state index in [9.17, 15) is 9.59 Å². The van der Waals surface area contributed by atoms with Gasteiger partial charge in [-0.25, -0.2) is 0 Å². The molecule has 0 aromatic heterocycles. The van der Waals surface area contributed by atoms with Gasteiger partial charge in [-0.2, -0.15) is 0 Å². The summed E-state index contributed by atoms with van der Waals surface area (Å²) in [6.45, 7) is 5.95. The van der Waals surface area contributed by atoms with E-state index >= 15 is 0 Å². The van der Waals surface area contributed by atoms with E-state index in [4.69, 9.17) is 9.84 Å². The van der Waals surface area contributed by atoms with Crippen LogP contribution >= 0.6 is 0 Å². The maximum absolute atomic E-state index is 12.0. The van der Waals surface area contributed by atoms with Crippen molar-refractivity contribution in [2.75, 3.05) is 53.0 Å². The Labute approximate surface area is 119 Å². The third kappa shape index (κ3) is 5.85. The first kappa shape index (κ1) is 16.9. The van der Waals surface area contributed by atoms with Gasteiger partial charge in [0.25, 0.3) is 0 Å². The Morgan fingerprint density at radius 1 is 1.30 bits per heavy atom. The van der Waals surface area contributed by atoms with Crippen molar-refractivity contribution in [2.24, 2.45) is 0 Å². The van der Waals surface area contributed by atoms with Gasteiger partial charge < -0.3 is 15.2 Å². The van der Waals surface area contributed by atoms with Gasteiger partial charge in [-0.05, 0) is 13.3 Å². The van der Waals surface area contributed by atoms with Crippen LogP contribution in [0.25, 0.3) is 0 Å². The minimum absolute atomic E-state index is 0.00580. The number of aliphatic carboxylic acids is 1. The maximum atomic E-state index is 12.0. The summed E-state index contributed by atoms with van der Waals surface area (Å²) in [5, 5.41) is 11.6.